The molecule has 1 heterocycles. The molecule has 0 radical (unpaired) electrons. The molecule has 0 bridgehead atoms. The lowest BCUT2D eigenvalue weighted by Gasteiger charge is -2.23. The highest BCUT2D eigenvalue weighted by Gasteiger charge is 2.33. The van der Waals surface area contributed by atoms with Gasteiger partial charge in [0.1, 0.15) is 0 Å². The summed E-state index contributed by atoms with van der Waals surface area (Å²) in [6.45, 7) is 6.17. The Kier molecular flexibility index (Phi) is 3.52. The molecular weight excluding hydrogens is 246 g/mol. The van der Waals surface area contributed by atoms with Crippen molar-refractivity contribution in [2.24, 2.45) is 11.7 Å². The van der Waals surface area contributed by atoms with E-state index in [0.29, 0.717) is 6.42 Å². The molecule has 0 aliphatic carbocycles. The molecule has 1 aliphatic heterocycles. The maximum atomic E-state index is 11.5. The van der Waals surface area contributed by atoms with Crippen molar-refractivity contribution in [2.45, 2.75) is 33.2 Å². The zero-order chi connectivity index (χ0) is 13.5. The van der Waals surface area contributed by atoms with Gasteiger partial charge >= 0.3 is 0 Å². The van der Waals surface area contributed by atoms with E-state index in [4.69, 9.17) is 5.73 Å². The van der Waals surface area contributed by atoms with Crippen molar-refractivity contribution in [2.75, 3.05) is 11.5 Å². The quantitative estimate of drug-likeness (QED) is 0.892. The van der Waals surface area contributed by atoms with Crippen LogP contribution in [-0.2, 0) is 9.84 Å². The summed E-state index contributed by atoms with van der Waals surface area (Å²) >= 11 is 0. The van der Waals surface area contributed by atoms with Crippen LogP contribution in [0.2, 0.25) is 0 Å². The van der Waals surface area contributed by atoms with Crippen LogP contribution in [0.4, 0.5) is 0 Å². The summed E-state index contributed by atoms with van der Waals surface area (Å²) in [6.07, 6.45) is 0.691. The molecule has 100 valence electrons. The molecule has 1 fully saturated rings. The van der Waals surface area contributed by atoms with Gasteiger partial charge in [0.15, 0.2) is 9.84 Å². The summed E-state index contributed by atoms with van der Waals surface area (Å²) < 4.78 is 23.1. The van der Waals surface area contributed by atoms with Gasteiger partial charge in [-0.2, -0.15) is 0 Å². The molecule has 2 atom stereocenters. The number of aryl methyl sites for hydroxylation is 3. The van der Waals surface area contributed by atoms with Crippen molar-refractivity contribution in [3.63, 3.8) is 0 Å². The van der Waals surface area contributed by atoms with Gasteiger partial charge in [-0.3, -0.25) is 0 Å². The average Bonchev–Trinajstić information content (AvgIpc) is 2.57. The van der Waals surface area contributed by atoms with E-state index in [1.807, 2.05) is 0 Å². The third kappa shape index (κ3) is 2.59. The monoisotopic (exact) mass is 267 g/mol. The summed E-state index contributed by atoms with van der Waals surface area (Å²) in [5.74, 6) is 0.589. The molecule has 2 rings (SSSR count). The van der Waals surface area contributed by atoms with Gasteiger partial charge in [-0.1, -0.05) is 17.7 Å². The van der Waals surface area contributed by atoms with Crippen molar-refractivity contribution >= 4 is 9.84 Å². The van der Waals surface area contributed by atoms with Crippen LogP contribution in [-0.4, -0.2) is 19.9 Å². The number of hydrogen-bond donors (Lipinski definition) is 1. The molecule has 0 amide bonds. The highest BCUT2D eigenvalue weighted by Crippen LogP contribution is 2.33. The zero-order valence-electron chi connectivity index (χ0n) is 11.2. The van der Waals surface area contributed by atoms with E-state index in [0.717, 1.165) is 5.56 Å². The van der Waals surface area contributed by atoms with Gasteiger partial charge in [-0.05, 0) is 49.8 Å². The number of sulfone groups is 1. The Labute approximate surface area is 109 Å². The van der Waals surface area contributed by atoms with Gasteiger partial charge in [0.05, 0.1) is 11.5 Å². The summed E-state index contributed by atoms with van der Waals surface area (Å²) in [5, 5.41) is 0. The second kappa shape index (κ2) is 4.67. The van der Waals surface area contributed by atoms with Crippen LogP contribution in [0.3, 0.4) is 0 Å². The van der Waals surface area contributed by atoms with Crippen molar-refractivity contribution in [1.29, 1.82) is 0 Å². The van der Waals surface area contributed by atoms with E-state index in [2.05, 4.69) is 32.9 Å². The van der Waals surface area contributed by atoms with Crippen LogP contribution >= 0.6 is 0 Å². The molecule has 4 heteroatoms. The fourth-order valence-electron chi connectivity index (χ4n) is 3.06. The second-order valence-electron chi connectivity index (χ2n) is 5.50. The predicted octanol–water partition coefficient (Wildman–Crippen LogP) is 2.05. The Bertz CT molecular complexity index is 540. The third-order valence-corrected chi connectivity index (χ3v) is 5.64. The molecule has 3 nitrogen and oxygen atoms in total. The summed E-state index contributed by atoms with van der Waals surface area (Å²) in [7, 11) is -2.86. The normalized spacial score (nSPS) is 24.1. The Morgan fingerprint density at radius 3 is 2.22 bits per heavy atom. The smallest absolute Gasteiger partial charge is 0.150 e. The minimum Gasteiger partial charge on any atom is -0.324 e. The molecular formula is C14H21NO2S. The number of rotatable bonds is 2. The lowest BCUT2D eigenvalue weighted by molar-refractivity contribution is 0.476. The first kappa shape index (κ1) is 13.6. The average molecular weight is 267 g/mol. The highest BCUT2D eigenvalue weighted by molar-refractivity contribution is 7.91. The summed E-state index contributed by atoms with van der Waals surface area (Å²) in [6, 6.07) is 4.07. The topological polar surface area (TPSA) is 60.2 Å². The van der Waals surface area contributed by atoms with Gasteiger partial charge in [0.25, 0.3) is 0 Å². The SMILES string of the molecule is Cc1cc(C)c(C(N)C2CCS(=O)(=O)C2)c(C)c1. The van der Waals surface area contributed by atoms with E-state index < -0.39 is 9.84 Å². The van der Waals surface area contributed by atoms with Crippen LogP contribution in [0, 0.1) is 26.7 Å². The number of nitrogens with two attached hydrogens (primary N) is 1. The molecule has 1 aromatic carbocycles. The van der Waals surface area contributed by atoms with E-state index in [-0.39, 0.29) is 23.5 Å². The lowest BCUT2D eigenvalue weighted by atomic mass is 9.87. The van der Waals surface area contributed by atoms with Crippen LogP contribution in [0.1, 0.15) is 34.7 Å². The van der Waals surface area contributed by atoms with Crippen LogP contribution in [0.25, 0.3) is 0 Å². The van der Waals surface area contributed by atoms with E-state index in [1.165, 1.54) is 16.7 Å². The Hall–Kier alpha value is -0.870. The minimum absolute atomic E-state index is 0.0649. The largest absolute Gasteiger partial charge is 0.324 e. The number of benzene rings is 1. The fourth-order valence-corrected chi connectivity index (χ4v) is 4.91. The molecule has 1 aromatic rings. The molecule has 2 N–H and O–H groups in total. The maximum absolute atomic E-state index is 11.5. The Morgan fingerprint density at radius 2 is 1.78 bits per heavy atom. The summed E-state index contributed by atoms with van der Waals surface area (Å²) in [4.78, 5) is 0. The van der Waals surface area contributed by atoms with Crippen molar-refractivity contribution in [1.82, 2.24) is 0 Å². The maximum Gasteiger partial charge on any atom is 0.150 e. The third-order valence-electron chi connectivity index (χ3n) is 3.85. The first-order chi connectivity index (χ1) is 8.30. The summed E-state index contributed by atoms with van der Waals surface area (Å²) in [5.41, 5.74) is 11.0. The zero-order valence-corrected chi connectivity index (χ0v) is 12.0. The van der Waals surface area contributed by atoms with Gasteiger partial charge < -0.3 is 5.73 Å². The Morgan fingerprint density at radius 1 is 1.22 bits per heavy atom. The molecule has 0 saturated carbocycles. The van der Waals surface area contributed by atoms with Gasteiger partial charge in [-0.25, -0.2) is 8.42 Å². The van der Waals surface area contributed by atoms with Crippen molar-refractivity contribution in [3.05, 3.63) is 34.4 Å². The minimum atomic E-state index is -2.86. The second-order valence-corrected chi connectivity index (χ2v) is 7.73. The predicted molar refractivity (Wildman–Crippen MR) is 74.3 cm³/mol. The van der Waals surface area contributed by atoms with Crippen molar-refractivity contribution in [3.8, 4) is 0 Å². The molecule has 1 aliphatic rings. The van der Waals surface area contributed by atoms with E-state index in [1.54, 1.807) is 0 Å². The van der Waals surface area contributed by atoms with Gasteiger partial charge in [0.2, 0.25) is 0 Å². The van der Waals surface area contributed by atoms with Crippen LogP contribution < -0.4 is 5.73 Å². The fraction of sp³-hybridized carbons (Fsp3) is 0.571. The van der Waals surface area contributed by atoms with Crippen LogP contribution in [0.5, 0.6) is 0 Å². The molecule has 2 unspecified atom stereocenters. The lowest BCUT2D eigenvalue weighted by Crippen LogP contribution is -2.24. The van der Waals surface area contributed by atoms with Crippen LogP contribution in [0.15, 0.2) is 12.1 Å². The van der Waals surface area contributed by atoms with Crippen molar-refractivity contribution < 1.29 is 8.42 Å². The van der Waals surface area contributed by atoms with E-state index in [9.17, 15) is 8.42 Å². The first-order valence-electron chi connectivity index (χ1n) is 6.34. The molecule has 0 aromatic heterocycles. The first-order valence-corrected chi connectivity index (χ1v) is 8.16. The highest BCUT2D eigenvalue weighted by atomic mass is 32.2. The van der Waals surface area contributed by atoms with Gasteiger partial charge in [-0.15, -0.1) is 0 Å². The standard InChI is InChI=1S/C14H21NO2S/c1-9-6-10(2)13(11(3)7-9)14(15)12-4-5-18(16,17)8-12/h6-7,12,14H,4-5,8,15H2,1-3H3. The number of hydrogen-bond acceptors (Lipinski definition) is 3. The van der Waals surface area contributed by atoms with E-state index >= 15 is 0 Å². The van der Waals surface area contributed by atoms with Gasteiger partial charge in [0, 0.05) is 6.04 Å². The molecule has 18 heavy (non-hydrogen) atoms. The Balaban J connectivity index is 2.33. The molecule has 0 spiro atoms. The molecule has 1 saturated heterocycles.